The van der Waals surface area contributed by atoms with Gasteiger partial charge in [-0.25, -0.2) is 13.4 Å². The zero-order valence-corrected chi connectivity index (χ0v) is 18.0. The SMILES string of the molecule is COCCOc1ncccc1NC(=O)c1ccc(S(=O)(=O)Nc2ccccc2C)cc1. The van der Waals surface area contributed by atoms with E-state index >= 15 is 0 Å². The lowest BCUT2D eigenvalue weighted by molar-refractivity contribution is 0.102. The molecule has 0 aliphatic heterocycles. The molecular formula is C22H23N3O5S. The van der Waals surface area contributed by atoms with Gasteiger partial charge in [0.1, 0.15) is 12.3 Å². The Morgan fingerprint density at radius 3 is 2.39 bits per heavy atom. The van der Waals surface area contributed by atoms with Crippen LogP contribution in [-0.4, -0.2) is 39.6 Å². The number of aromatic nitrogens is 1. The van der Waals surface area contributed by atoms with Gasteiger partial charge in [-0.15, -0.1) is 0 Å². The van der Waals surface area contributed by atoms with E-state index in [1.807, 2.05) is 19.1 Å². The Kier molecular flexibility index (Phi) is 7.22. The van der Waals surface area contributed by atoms with Gasteiger partial charge in [-0.05, 0) is 55.0 Å². The number of carbonyl (C=O) groups is 1. The first-order valence-electron chi connectivity index (χ1n) is 9.47. The van der Waals surface area contributed by atoms with E-state index in [0.29, 0.717) is 23.5 Å². The third-order valence-electron chi connectivity index (χ3n) is 4.36. The summed E-state index contributed by atoms with van der Waals surface area (Å²) in [5.74, 6) is -0.144. The van der Waals surface area contributed by atoms with Crippen LogP contribution in [0, 0.1) is 6.92 Å². The van der Waals surface area contributed by atoms with Crippen molar-refractivity contribution in [3.63, 3.8) is 0 Å². The number of ether oxygens (including phenoxy) is 2. The van der Waals surface area contributed by atoms with Crippen molar-refractivity contribution in [1.29, 1.82) is 0 Å². The Labute approximate surface area is 181 Å². The van der Waals surface area contributed by atoms with Crippen molar-refractivity contribution >= 4 is 27.3 Å². The van der Waals surface area contributed by atoms with Crippen LogP contribution in [-0.2, 0) is 14.8 Å². The van der Waals surface area contributed by atoms with Gasteiger partial charge in [-0.3, -0.25) is 9.52 Å². The van der Waals surface area contributed by atoms with Gasteiger partial charge in [-0.1, -0.05) is 18.2 Å². The van der Waals surface area contributed by atoms with Gasteiger partial charge >= 0.3 is 0 Å². The number of rotatable bonds is 9. The quantitative estimate of drug-likeness (QED) is 0.493. The number of pyridine rings is 1. The largest absolute Gasteiger partial charge is 0.474 e. The van der Waals surface area contributed by atoms with Crippen molar-refractivity contribution in [2.45, 2.75) is 11.8 Å². The number of methoxy groups -OCH3 is 1. The van der Waals surface area contributed by atoms with E-state index in [1.54, 1.807) is 37.6 Å². The molecule has 3 rings (SSSR count). The van der Waals surface area contributed by atoms with E-state index < -0.39 is 15.9 Å². The minimum atomic E-state index is -3.78. The molecule has 0 bridgehead atoms. The van der Waals surface area contributed by atoms with Crippen LogP contribution in [0.25, 0.3) is 0 Å². The molecule has 8 nitrogen and oxygen atoms in total. The minimum absolute atomic E-state index is 0.0530. The summed E-state index contributed by atoms with van der Waals surface area (Å²) in [6.45, 7) is 2.49. The standard InChI is InChI=1S/C22H23N3O5S/c1-16-6-3-4-7-19(16)25-31(27,28)18-11-9-17(10-12-18)21(26)24-20-8-5-13-23-22(20)30-15-14-29-2/h3-13,25H,14-15H2,1-2H3,(H,24,26). The highest BCUT2D eigenvalue weighted by Gasteiger charge is 2.17. The van der Waals surface area contributed by atoms with Crippen molar-refractivity contribution in [2.75, 3.05) is 30.4 Å². The Hall–Kier alpha value is -3.43. The Bertz CT molecular complexity index is 1150. The van der Waals surface area contributed by atoms with Gasteiger partial charge in [-0.2, -0.15) is 0 Å². The number of nitrogens with zero attached hydrogens (tertiary/aromatic N) is 1. The monoisotopic (exact) mass is 441 g/mol. The fourth-order valence-electron chi connectivity index (χ4n) is 2.69. The van der Waals surface area contributed by atoms with Crippen LogP contribution in [0.2, 0.25) is 0 Å². The summed E-state index contributed by atoms with van der Waals surface area (Å²) in [4.78, 5) is 16.8. The number of hydrogen-bond donors (Lipinski definition) is 2. The van der Waals surface area contributed by atoms with Crippen LogP contribution in [0.1, 0.15) is 15.9 Å². The number of benzene rings is 2. The number of nitrogens with one attached hydrogen (secondary N) is 2. The maximum atomic E-state index is 12.6. The highest BCUT2D eigenvalue weighted by Crippen LogP contribution is 2.23. The molecule has 0 spiro atoms. The van der Waals surface area contributed by atoms with Crippen LogP contribution in [0.4, 0.5) is 11.4 Å². The summed E-state index contributed by atoms with van der Waals surface area (Å²) in [5, 5.41) is 2.73. The molecule has 0 saturated heterocycles. The van der Waals surface area contributed by atoms with Gasteiger partial charge in [0.2, 0.25) is 5.88 Å². The van der Waals surface area contributed by atoms with Crippen molar-refractivity contribution in [1.82, 2.24) is 4.98 Å². The molecule has 0 aliphatic rings. The second-order valence-corrected chi connectivity index (χ2v) is 8.28. The molecule has 0 fully saturated rings. The molecule has 0 unspecified atom stereocenters. The molecule has 0 aliphatic carbocycles. The van der Waals surface area contributed by atoms with Crippen LogP contribution in [0.5, 0.6) is 5.88 Å². The maximum Gasteiger partial charge on any atom is 0.261 e. The first-order chi connectivity index (χ1) is 14.9. The molecule has 9 heteroatoms. The predicted molar refractivity (Wildman–Crippen MR) is 118 cm³/mol. The van der Waals surface area contributed by atoms with Gasteiger partial charge in [0.25, 0.3) is 15.9 Å². The molecule has 0 radical (unpaired) electrons. The topological polar surface area (TPSA) is 107 Å². The van der Waals surface area contributed by atoms with Crippen molar-refractivity contribution < 1.29 is 22.7 Å². The number of sulfonamides is 1. The van der Waals surface area contributed by atoms with Gasteiger partial charge < -0.3 is 14.8 Å². The molecule has 162 valence electrons. The second-order valence-electron chi connectivity index (χ2n) is 6.60. The summed E-state index contributed by atoms with van der Waals surface area (Å²) in [6.07, 6.45) is 1.55. The third-order valence-corrected chi connectivity index (χ3v) is 5.74. The van der Waals surface area contributed by atoms with E-state index in [4.69, 9.17) is 9.47 Å². The number of amides is 1. The molecule has 1 amide bonds. The number of para-hydroxylation sites is 1. The molecule has 0 saturated carbocycles. The van der Waals surface area contributed by atoms with E-state index in [2.05, 4.69) is 15.0 Å². The molecule has 31 heavy (non-hydrogen) atoms. The fraction of sp³-hybridized carbons (Fsp3) is 0.182. The lowest BCUT2D eigenvalue weighted by Gasteiger charge is -2.12. The zero-order chi connectivity index (χ0) is 22.3. The predicted octanol–water partition coefficient (Wildman–Crippen LogP) is 3.47. The van der Waals surface area contributed by atoms with Gasteiger partial charge in [0.05, 0.1) is 17.2 Å². The zero-order valence-electron chi connectivity index (χ0n) is 17.2. The lowest BCUT2D eigenvalue weighted by Crippen LogP contribution is -2.16. The van der Waals surface area contributed by atoms with Crippen molar-refractivity contribution in [3.8, 4) is 5.88 Å². The molecule has 1 heterocycles. The first-order valence-corrected chi connectivity index (χ1v) is 11.0. The smallest absolute Gasteiger partial charge is 0.261 e. The number of aryl methyl sites for hydroxylation is 1. The average Bonchev–Trinajstić information content (AvgIpc) is 2.76. The molecule has 2 aromatic carbocycles. The minimum Gasteiger partial charge on any atom is -0.474 e. The second kappa shape index (κ2) is 10.1. The summed E-state index contributed by atoms with van der Waals surface area (Å²) >= 11 is 0. The molecule has 0 atom stereocenters. The third kappa shape index (κ3) is 5.80. The molecule has 1 aromatic heterocycles. The van der Waals surface area contributed by atoms with Gasteiger partial charge in [0, 0.05) is 18.9 Å². The van der Waals surface area contributed by atoms with Crippen LogP contribution in [0.15, 0.2) is 71.8 Å². The molecular weight excluding hydrogens is 418 g/mol. The normalized spacial score (nSPS) is 11.0. The van der Waals surface area contributed by atoms with Crippen LogP contribution in [0.3, 0.4) is 0 Å². The summed E-state index contributed by atoms with van der Waals surface area (Å²) < 4.78 is 38.3. The highest BCUT2D eigenvalue weighted by atomic mass is 32.2. The number of hydrogen-bond acceptors (Lipinski definition) is 6. The van der Waals surface area contributed by atoms with E-state index in [1.165, 1.54) is 24.3 Å². The van der Waals surface area contributed by atoms with Crippen molar-refractivity contribution in [3.05, 3.63) is 78.0 Å². The average molecular weight is 442 g/mol. The maximum absolute atomic E-state index is 12.6. The van der Waals surface area contributed by atoms with Gasteiger partial charge in [0.15, 0.2) is 0 Å². The van der Waals surface area contributed by atoms with E-state index in [9.17, 15) is 13.2 Å². The summed E-state index contributed by atoms with van der Waals surface area (Å²) in [7, 11) is -2.22. The van der Waals surface area contributed by atoms with E-state index in [0.717, 1.165) is 5.56 Å². The Morgan fingerprint density at radius 1 is 0.968 bits per heavy atom. The Morgan fingerprint density at radius 2 is 1.68 bits per heavy atom. The number of carbonyl (C=O) groups excluding carboxylic acids is 1. The highest BCUT2D eigenvalue weighted by molar-refractivity contribution is 7.92. The fourth-order valence-corrected chi connectivity index (χ4v) is 3.82. The lowest BCUT2D eigenvalue weighted by atomic mass is 10.2. The number of anilines is 2. The van der Waals surface area contributed by atoms with Crippen molar-refractivity contribution in [2.24, 2.45) is 0 Å². The molecule has 2 N–H and O–H groups in total. The first kappa shape index (κ1) is 22.3. The van der Waals surface area contributed by atoms with E-state index in [-0.39, 0.29) is 17.4 Å². The summed E-state index contributed by atoms with van der Waals surface area (Å²) in [6, 6.07) is 16.1. The molecule has 3 aromatic rings. The summed E-state index contributed by atoms with van der Waals surface area (Å²) in [5.41, 5.74) is 2.01. The Balaban J connectivity index is 1.72. The van der Waals surface area contributed by atoms with Crippen LogP contribution < -0.4 is 14.8 Å². The van der Waals surface area contributed by atoms with Crippen LogP contribution >= 0.6 is 0 Å².